The van der Waals surface area contributed by atoms with Crippen LogP contribution in [0.4, 0.5) is 0 Å². The Morgan fingerprint density at radius 1 is 0.917 bits per heavy atom. The van der Waals surface area contributed by atoms with Crippen LogP contribution in [0.25, 0.3) is 0 Å². The molecule has 0 aliphatic rings. The van der Waals surface area contributed by atoms with Gasteiger partial charge in [0.1, 0.15) is 0 Å². The number of hydrogen-bond acceptors (Lipinski definition) is 0. The van der Waals surface area contributed by atoms with Crippen molar-refractivity contribution in [1.29, 1.82) is 0 Å². The molecule has 1 atom stereocenters. The molecule has 0 saturated heterocycles. The molecule has 0 fully saturated rings. The zero-order valence-electron chi connectivity index (χ0n) is 9.98. The molecule has 0 bridgehead atoms. The third kappa shape index (κ3) is 22.5. The molecule has 76 valence electrons. The van der Waals surface area contributed by atoms with Crippen LogP contribution in [0.2, 0.25) is 0 Å². The maximum Gasteiger partial charge on any atom is -0.0445 e. The van der Waals surface area contributed by atoms with Crippen LogP contribution < -0.4 is 0 Å². The molecule has 0 N–H and O–H groups in total. The molecule has 0 heteroatoms. The summed E-state index contributed by atoms with van der Waals surface area (Å²) in [4.78, 5) is 0. The van der Waals surface area contributed by atoms with Gasteiger partial charge >= 0.3 is 0 Å². The molecule has 0 amide bonds. The first-order valence-electron chi connectivity index (χ1n) is 5.54. The normalized spacial score (nSPS) is 12.2. The van der Waals surface area contributed by atoms with Crippen molar-refractivity contribution in [2.75, 3.05) is 0 Å². The predicted octanol–water partition coefficient (Wildman–Crippen LogP) is 4.89. The second-order valence-electron chi connectivity index (χ2n) is 4.39. The first kappa shape index (κ1) is 14.5. The molecule has 0 aliphatic heterocycles. The lowest BCUT2D eigenvalue weighted by atomic mass is 10.0. The Labute approximate surface area is 79.8 Å². The number of rotatable bonds is 4. The zero-order chi connectivity index (χ0) is 9.98. The van der Waals surface area contributed by atoms with Crippen LogP contribution in [0.15, 0.2) is 0 Å². The summed E-state index contributed by atoms with van der Waals surface area (Å²) in [6.07, 6.45) is 5.53. The molecule has 0 radical (unpaired) electrons. The van der Waals surface area contributed by atoms with Crippen molar-refractivity contribution < 1.29 is 0 Å². The lowest BCUT2D eigenvalue weighted by Gasteiger charge is -2.04. The van der Waals surface area contributed by atoms with Crippen molar-refractivity contribution >= 4 is 0 Å². The van der Waals surface area contributed by atoms with Gasteiger partial charge in [-0.2, -0.15) is 0 Å². The lowest BCUT2D eigenvalue weighted by molar-refractivity contribution is 0.492. The minimum atomic E-state index is 0.833. The van der Waals surface area contributed by atoms with E-state index in [1.54, 1.807) is 0 Å². The molecule has 0 aromatic carbocycles. The van der Waals surface area contributed by atoms with Crippen molar-refractivity contribution in [3.8, 4) is 0 Å². The highest BCUT2D eigenvalue weighted by atomic mass is 14.0. The summed E-state index contributed by atoms with van der Waals surface area (Å²) in [5, 5.41) is 0. The van der Waals surface area contributed by atoms with E-state index >= 15 is 0 Å². The van der Waals surface area contributed by atoms with E-state index in [9.17, 15) is 0 Å². The van der Waals surface area contributed by atoms with Gasteiger partial charge in [-0.15, -0.1) is 0 Å². The van der Waals surface area contributed by atoms with E-state index < -0.39 is 0 Å². The Kier molecular flexibility index (Phi) is 13.3. The minimum Gasteiger partial charge on any atom is -0.0654 e. The number of hydrogen-bond donors (Lipinski definition) is 0. The predicted molar refractivity (Wildman–Crippen MR) is 59.5 cm³/mol. The van der Waals surface area contributed by atoms with Crippen LogP contribution in [0.1, 0.15) is 67.2 Å². The highest BCUT2D eigenvalue weighted by Gasteiger charge is 1.94. The molecular formula is C12H28. The van der Waals surface area contributed by atoms with Gasteiger partial charge in [0.15, 0.2) is 0 Å². The molecule has 0 heterocycles. The molecule has 0 rings (SSSR count). The molecule has 0 nitrogen and oxygen atoms in total. The van der Waals surface area contributed by atoms with Gasteiger partial charge in [0, 0.05) is 0 Å². The smallest absolute Gasteiger partial charge is 0.0445 e. The van der Waals surface area contributed by atoms with Crippen molar-refractivity contribution in [2.45, 2.75) is 67.2 Å². The van der Waals surface area contributed by atoms with Gasteiger partial charge in [0.2, 0.25) is 0 Å². The highest BCUT2D eigenvalue weighted by Crippen LogP contribution is 2.09. The van der Waals surface area contributed by atoms with E-state index in [1.165, 1.54) is 25.7 Å². The third-order valence-electron chi connectivity index (χ3n) is 1.75. The average Bonchev–Trinajstić information content (AvgIpc) is 1.99. The summed E-state index contributed by atoms with van der Waals surface area (Å²) in [7, 11) is 0. The fraction of sp³-hybridized carbons (Fsp3) is 1.00. The van der Waals surface area contributed by atoms with Crippen molar-refractivity contribution in [3.63, 3.8) is 0 Å². The van der Waals surface area contributed by atoms with E-state index in [2.05, 4.69) is 41.5 Å². The fourth-order valence-electron chi connectivity index (χ4n) is 0.757. The summed E-state index contributed by atoms with van der Waals surface area (Å²) in [6.45, 7) is 13.3. The van der Waals surface area contributed by atoms with Gasteiger partial charge in [0.25, 0.3) is 0 Å². The van der Waals surface area contributed by atoms with Crippen molar-refractivity contribution in [2.24, 2.45) is 11.8 Å². The van der Waals surface area contributed by atoms with E-state index in [1.807, 2.05) is 0 Å². The Morgan fingerprint density at radius 2 is 1.33 bits per heavy atom. The maximum atomic E-state index is 2.33. The van der Waals surface area contributed by atoms with E-state index in [-0.39, 0.29) is 0 Å². The first-order valence-corrected chi connectivity index (χ1v) is 5.54. The van der Waals surface area contributed by atoms with Crippen LogP contribution in [0.5, 0.6) is 0 Å². The summed E-state index contributed by atoms with van der Waals surface area (Å²) in [6, 6.07) is 0. The van der Waals surface area contributed by atoms with Crippen LogP contribution in [0, 0.1) is 11.8 Å². The van der Waals surface area contributed by atoms with Crippen LogP contribution in [0.3, 0.4) is 0 Å². The lowest BCUT2D eigenvalue weighted by Crippen LogP contribution is -1.89. The maximum absolute atomic E-state index is 2.33. The van der Waals surface area contributed by atoms with Gasteiger partial charge in [0.05, 0.1) is 0 Å². The highest BCUT2D eigenvalue weighted by molar-refractivity contribution is 4.47. The van der Waals surface area contributed by atoms with Gasteiger partial charge in [-0.25, -0.2) is 0 Å². The molecule has 0 saturated carbocycles. The topological polar surface area (TPSA) is 0 Å². The molecule has 0 spiro atoms. The van der Waals surface area contributed by atoms with Gasteiger partial charge < -0.3 is 0 Å². The van der Waals surface area contributed by atoms with Crippen molar-refractivity contribution in [3.05, 3.63) is 0 Å². The Balaban J connectivity index is 0. The van der Waals surface area contributed by atoms with E-state index in [0.29, 0.717) is 0 Å². The van der Waals surface area contributed by atoms with Gasteiger partial charge in [-0.1, -0.05) is 67.2 Å². The molecule has 12 heavy (non-hydrogen) atoms. The van der Waals surface area contributed by atoms with Gasteiger partial charge in [-0.05, 0) is 11.8 Å². The second-order valence-corrected chi connectivity index (χ2v) is 4.39. The average molecular weight is 172 g/mol. The molecular weight excluding hydrogens is 144 g/mol. The summed E-state index contributed by atoms with van der Waals surface area (Å²) >= 11 is 0. The Morgan fingerprint density at radius 3 is 1.58 bits per heavy atom. The molecule has 1 unspecified atom stereocenters. The fourth-order valence-corrected chi connectivity index (χ4v) is 0.757. The van der Waals surface area contributed by atoms with Crippen LogP contribution in [-0.4, -0.2) is 0 Å². The monoisotopic (exact) mass is 172 g/mol. The van der Waals surface area contributed by atoms with Crippen LogP contribution >= 0.6 is 0 Å². The zero-order valence-corrected chi connectivity index (χ0v) is 9.98. The van der Waals surface area contributed by atoms with E-state index in [4.69, 9.17) is 0 Å². The Hall–Kier alpha value is 0. The Bertz CT molecular complexity index is 61.7. The molecule has 0 aliphatic carbocycles. The molecule has 0 aromatic rings. The van der Waals surface area contributed by atoms with E-state index in [0.717, 1.165) is 11.8 Å². The quantitative estimate of drug-likeness (QED) is 0.566. The summed E-state index contributed by atoms with van der Waals surface area (Å²) < 4.78 is 0. The largest absolute Gasteiger partial charge is 0.0654 e. The van der Waals surface area contributed by atoms with Crippen molar-refractivity contribution in [1.82, 2.24) is 0 Å². The van der Waals surface area contributed by atoms with Gasteiger partial charge in [-0.3, -0.25) is 0 Å². The minimum absolute atomic E-state index is 0.833. The second kappa shape index (κ2) is 11.0. The van der Waals surface area contributed by atoms with Crippen LogP contribution in [-0.2, 0) is 0 Å². The summed E-state index contributed by atoms with van der Waals surface area (Å²) in [5.74, 6) is 1.79. The summed E-state index contributed by atoms with van der Waals surface area (Å²) in [5.41, 5.74) is 0. The standard InChI is InChI=1S/C8H18.C4H10/c1-4-6-7-8(3)5-2;1-4(2)3/h8H,4-7H2,1-3H3;4H,1-3H3. The molecule has 0 aromatic heterocycles. The third-order valence-corrected chi connectivity index (χ3v) is 1.75. The number of unbranched alkanes of at least 4 members (excludes halogenated alkanes) is 1. The first-order chi connectivity index (χ1) is 5.54. The SMILES string of the molecule is CC(C)C.CCCCC(C)CC.